The predicted octanol–water partition coefficient (Wildman–Crippen LogP) is 5.84. The predicted molar refractivity (Wildman–Crippen MR) is 165 cm³/mol. The van der Waals surface area contributed by atoms with Crippen molar-refractivity contribution in [3.63, 3.8) is 0 Å². The minimum absolute atomic E-state index is 0.0547. The van der Waals surface area contributed by atoms with E-state index in [0.29, 0.717) is 12.1 Å². The van der Waals surface area contributed by atoms with E-state index in [4.69, 9.17) is 0 Å². The Morgan fingerprint density at radius 2 is 1.49 bits per heavy atom. The molecule has 2 atom stereocenters. The molecule has 0 radical (unpaired) electrons. The van der Waals surface area contributed by atoms with Gasteiger partial charge in [0.05, 0.1) is 10.6 Å². The summed E-state index contributed by atoms with van der Waals surface area (Å²) in [6, 6.07) is 18.8. The van der Waals surface area contributed by atoms with Crippen LogP contribution >= 0.6 is 0 Å². The van der Waals surface area contributed by atoms with Gasteiger partial charge in [0.1, 0.15) is 12.6 Å². The van der Waals surface area contributed by atoms with E-state index in [1.807, 2.05) is 78.8 Å². The third-order valence-corrected chi connectivity index (χ3v) is 9.44. The lowest BCUT2D eigenvalue weighted by Gasteiger charge is -2.34. The summed E-state index contributed by atoms with van der Waals surface area (Å²) >= 11 is 0. The van der Waals surface area contributed by atoms with Gasteiger partial charge in [-0.05, 0) is 94.0 Å². The van der Waals surface area contributed by atoms with Gasteiger partial charge in [-0.2, -0.15) is 0 Å². The molecular formula is C33H43N3O4S. The van der Waals surface area contributed by atoms with Crippen molar-refractivity contribution in [2.24, 2.45) is 0 Å². The quantitative estimate of drug-likeness (QED) is 0.293. The Morgan fingerprint density at radius 3 is 2.07 bits per heavy atom. The number of hydrogen-bond donors (Lipinski definition) is 1. The van der Waals surface area contributed by atoms with Crippen LogP contribution in [-0.4, -0.2) is 43.8 Å². The largest absolute Gasteiger partial charge is 0.352 e. The zero-order chi connectivity index (χ0) is 30.3. The van der Waals surface area contributed by atoms with Crippen molar-refractivity contribution < 1.29 is 18.0 Å². The van der Waals surface area contributed by atoms with Crippen molar-refractivity contribution in [3.05, 3.63) is 94.5 Å². The molecule has 0 aromatic heterocycles. The lowest BCUT2D eigenvalue weighted by atomic mass is 10.1. The molecule has 3 aromatic carbocycles. The number of hydrogen-bond acceptors (Lipinski definition) is 4. The van der Waals surface area contributed by atoms with E-state index in [-0.39, 0.29) is 23.4 Å². The molecule has 1 N–H and O–H groups in total. The van der Waals surface area contributed by atoms with Crippen molar-refractivity contribution in [2.45, 2.75) is 84.8 Å². The van der Waals surface area contributed by atoms with Crippen LogP contribution in [0.4, 0.5) is 5.69 Å². The first-order valence-electron chi connectivity index (χ1n) is 14.2. The topological polar surface area (TPSA) is 86.8 Å². The Hall–Kier alpha value is -3.65. The highest BCUT2D eigenvalue weighted by Gasteiger charge is 2.34. The fourth-order valence-corrected chi connectivity index (χ4v) is 5.98. The van der Waals surface area contributed by atoms with E-state index in [9.17, 15) is 18.0 Å². The molecule has 0 aliphatic rings. The minimum atomic E-state index is -4.10. The van der Waals surface area contributed by atoms with Crippen molar-refractivity contribution in [2.75, 3.05) is 10.8 Å². The molecule has 3 rings (SSSR count). The van der Waals surface area contributed by atoms with E-state index < -0.39 is 28.5 Å². The average molecular weight is 578 g/mol. The molecule has 8 heteroatoms. The van der Waals surface area contributed by atoms with Crippen LogP contribution in [0, 0.1) is 27.7 Å². The summed E-state index contributed by atoms with van der Waals surface area (Å²) in [5.41, 5.74) is 5.14. The van der Waals surface area contributed by atoms with Crippen molar-refractivity contribution in [1.29, 1.82) is 0 Å². The molecule has 0 saturated heterocycles. The Labute approximate surface area is 245 Å². The molecule has 3 aromatic rings. The molecule has 0 aliphatic heterocycles. The molecule has 7 nitrogen and oxygen atoms in total. The van der Waals surface area contributed by atoms with Gasteiger partial charge in [0.15, 0.2) is 0 Å². The zero-order valence-corrected chi connectivity index (χ0v) is 26.1. The molecule has 220 valence electrons. The van der Waals surface area contributed by atoms with Gasteiger partial charge in [-0.3, -0.25) is 13.9 Å². The normalized spacial score (nSPS) is 12.9. The Balaban J connectivity index is 2.10. The third-order valence-electron chi connectivity index (χ3n) is 7.66. The Bertz CT molecular complexity index is 1470. The highest BCUT2D eigenvalue weighted by molar-refractivity contribution is 7.92. The number of nitrogens with zero attached hydrogens (tertiary/aromatic N) is 2. The molecule has 0 bridgehead atoms. The maximum Gasteiger partial charge on any atom is 0.264 e. The van der Waals surface area contributed by atoms with Gasteiger partial charge in [0, 0.05) is 12.6 Å². The number of nitrogens with one attached hydrogen (secondary N) is 1. The molecule has 0 heterocycles. The van der Waals surface area contributed by atoms with Crippen LogP contribution in [0.25, 0.3) is 0 Å². The molecule has 0 saturated carbocycles. The van der Waals surface area contributed by atoms with Crippen LogP contribution in [0.1, 0.15) is 61.4 Å². The number of aryl methyl sites for hydroxylation is 4. The fraction of sp³-hybridized carbons (Fsp3) is 0.394. The lowest BCUT2D eigenvalue weighted by molar-refractivity contribution is -0.140. The van der Waals surface area contributed by atoms with E-state index in [1.54, 1.807) is 36.4 Å². The van der Waals surface area contributed by atoms with Crippen molar-refractivity contribution >= 4 is 27.5 Å². The monoisotopic (exact) mass is 577 g/mol. The van der Waals surface area contributed by atoms with Gasteiger partial charge >= 0.3 is 0 Å². The summed E-state index contributed by atoms with van der Waals surface area (Å²) in [5, 5.41) is 3.01. The molecular weight excluding hydrogens is 534 g/mol. The van der Waals surface area contributed by atoms with Gasteiger partial charge in [0.2, 0.25) is 11.8 Å². The summed E-state index contributed by atoms with van der Waals surface area (Å²) in [6.07, 6.45) is 1.14. The lowest BCUT2D eigenvalue weighted by Crippen LogP contribution is -2.53. The zero-order valence-electron chi connectivity index (χ0n) is 25.3. The third kappa shape index (κ3) is 7.76. The number of benzene rings is 3. The van der Waals surface area contributed by atoms with Gasteiger partial charge < -0.3 is 10.2 Å². The first-order valence-corrected chi connectivity index (χ1v) is 15.6. The smallest absolute Gasteiger partial charge is 0.264 e. The van der Waals surface area contributed by atoms with Crippen LogP contribution in [-0.2, 0) is 26.2 Å². The molecule has 0 spiro atoms. The van der Waals surface area contributed by atoms with E-state index in [0.717, 1.165) is 38.5 Å². The number of carbonyl (C=O) groups excluding carboxylic acids is 2. The van der Waals surface area contributed by atoms with E-state index >= 15 is 0 Å². The second-order valence-electron chi connectivity index (χ2n) is 10.8. The van der Waals surface area contributed by atoms with Crippen LogP contribution in [0.3, 0.4) is 0 Å². The molecule has 0 unspecified atom stereocenters. The Kier molecular flexibility index (Phi) is 10.7. The first-order chi connectivity index (χ1) is 19.4. The highest BCUT2D eigenvalue weighted by Crippen LogP contribution is 2.27. The summed E-state index contributed by atoms with van der Waals surface area (Å²) in [6.45, 7) is 13.2. The summed E-state index contributed by atoms with van der Waals surface area (Å²) < 4.78 is 29.3. The first kappa shape index (κ1) is 31.9. The number of anilines is 1. The number of rotatable bonds is 12. The van der Waals surface area contributed by atoms with E-state index in [1.165, 1.54) is 4.90 Å². The number of carbonyl (C=O) groups is 2. The molecule has 0 fully saturated rings. The number of sulfonamides is 1. The van der Waals surface area contributed by atoms with Crippen LogP contribution < -0.4 is 9.62 Å². The second-order valence-corrected chi connectivity index (χ2v) is 12.6. The van der Waals surface area contributed by atoms with Crippen molar-refractivity contribution in [3.8, 4) is 0 Å². The average Bonchev–Trinajstić information content (AvgIpc) is 2.94. The van der Waals surface area contributed by atoms with Crippen LogP contribution in [0.15, 0.2) is 71.6 Å². The summed E-state index contributed by atoms with van der Waals surface area (Å²) in [7, 11) is -4.10. The number of amides is 2. The maximum atomic E-state index is 14.2. The van der Waals surface area contributed by atoms with Gasteiger partial charge in [-0.25, -0.2) is 8.42 Å². The summed E-state index contributed by atoms with van der Waals surface area (Å²) in [4.78, 5) is 29.3. The van der Waals surface area contributed by atoms with Gasteiger partial charge in [-0.1, -0.05) is 61.9 Å². The van der Waals surface area contributed by atoms with Crippen LogP contribution in [0.2, 0.25) is 0 Å². The Morgan fingerprint density at radius 1 is 0.829 bits per heavy atom. The standard InChI is InChI=1S/C33H43N3O4S/c1-8-27(7)34-33(38)31(9-2)35(21-28-13-11-10-12-25(28)5)32(37)22-36(29-17-16-24(4)26(6)20-29)41(39,40)30-18-14-23(3)15-19-30/h10-20,27,31H,8-9,21-22H2,1-7H3,(H,34,38)/t27-,31-/m0/s1. The molecule has 2 amide bonds. The van der Waals surface area contributed by atoms with Crippen LogP contribution in [0.5, 0.6) is 0 Å². The fourth-order valence-electron chi connectivity index (χ4n) is 4.58. The van der Waals surface area contributed by atoms with Crippen molar-refractivity contribution in [1.82, 2.24) is 10.2 Å². The molecule has 0 aliphatic carbocycles. The SMILES string of the molecule is CC[C@H](C)NC(=O)[C@H](CC)N(Cc1ccccc1C)C(=O)CN(c1ccc(C)c(C)c1)S(=O)(=O)c1ccc(C)cc1. The molecule has 41 heavy (non-hydrogen) atoms. The highest BCUT2D eigenvalue weighted by atomic mass is 32.2. The maximum absolute atomic E-state index is 14.2. The second kappa shape index (κ2) is 13.8. The van der Waals surface area contributed by atoms with Gasteiger partial charge in [0.25, 0.3) is 10.0 Å². The van der Waals surface area contributed by atoms with E-state index in [2.05, 4.69) is 5.32 Å². The minimum Gasteiger partial charge on any atom is -0.352 e. The van der Waals surface area contributed by atoms with Gasteiger partial charge in [-0.15, -0.1) is 0 Å². The summed E-state index contributed by atoms with van der Waals surface area (Å²) in [5.74, 6) is -0.698.